The molecule has 4 unspecified atom stereocenters. The van der Waals surface area contributed by atoms with Crippen LogP contribution in [0.3, 0.4) is 0 Å². The van der Waals surface area contributed by atoms with Crippen molar-refractivity contribution in [3.8, 4) is 0 Å². The molecule has 0 bridgehead atoms. The molecule has 0 spiro atoms. The second-order valence-electron chi connectivity index (χ2n) is 2.63. The van der Waals surface area contributed by atoms with Crippen LogP contribution in [0, 0.1) is 6.42 Å². The number of hydrogen-bond acceptors (Lipinski definition) is 5. The van der Waals surface area contributed by atoms with Crippen LogP contribution in [-0.2, 0) is 9.47 Å². The Morgan fingerprint density at radius 2 is 2.08 bits per heavy atom. The van der Waals surface area contributed by atoms with E-state index in [1.807, 2.05) is 0 Å². The molecule has 3 N–H and O–H groups in total. The Morgan fingerprint density at radius 3 is 2.54 bits per heavy atom. The van der Waals surface area contributed by atoms with Crippen molar-refractivity contribution < 1.29 is 76.2 Å². The molecule has 1 aliphatic heterocycles. The van der Waals surface area contributed by atoms with Gasteiger partial charge in [-0.3, -0.25) is 0 Å². The van der Waals surface area contributed by atoms with Crippen LogP contribution in [-0.4, -0.2) is 53.6 Å². The van der Waals surface area contributed by atoms with Gasteiger partial charge in [-0.05, 0) is 6.10 Å². The molecule has 1 rings (SSSR count). The van der Waals surface area contributed by atoms with E-state index < -0.39 is 24.6 Å². The molecule has 0 amide bonds. The third-order valence-corrected chi connectivity index (χ3v) is 1.81. The topological polar surface area (TPSA) is 79.2 Å². The van der Waals surface area contributed by atoms with Crippen LogP contribution in [0.15, 0.2) is 0 Å². The largest absolute Gasteiger partial charge is 1.00 e. The van der Waals surface area contributed by atoms with Crippen LogP contribution in [0.2, 0.25) is 0 Å². The van der Waals surface area contributed by atoms with Crippen LogP contribution in [0.5, 0.6) is 0 Å². The van der Waals surface area contributed by atoms with E-state index in [-0.39, 0.29) is 58.0 Å². The zero-order chi connectivity index (χ0) is 9.14. The maximum atomic E-state index is 9.23. The number of rotatable bonds is 2. The summed E-state index contributed by atoms with van der Waals surface area (Å²) >= 11 is 0. The molecule has 1 heterocycles. The van der Waals surface area contributed by atoms with Gasteiger partial charge in [-0.25, -0.2) is 6.42 Å². The van der Waals surface area contributed by atoms with Crippen LogP contribution in [0.25, 0.3) is 0 Å². The van der Waals surface area contributed by atoms with Crippen molar-refractivity contribution in [3.05, 3.63) is 6.42 Å². The van der Waals surface area contributed by atoms with Gasteiger partial charge in [-0.1, -0.05) is 0 Å². The molecular formula is C7H13KO5. The van der Waals surface area contributed by atoms with Crippen molar-refractivity contribution in [1.29, 1.82) is 0 Å². The summed E-state index contributed by atoms with van der Waals surface area (Å²) in [5.74, 6) is 0. The zero-order valence-corrected chi connectivity index (χ0v) is 10.9. The van der Waals surface area contributed by atoms with Gasteiger partial charge in [-0.15, -0.1) is 0 Å². The van der Waals surface area contributed by atoms with Gasteiger partial charge in [0.2, 0.25) is 0 Å². The Hall–Kier alpha value is 1.44. The Bertz CT molecular complexity index is 145. The summed E-state index contributed by atoms with van der Waals surface area (Å²) in [5, 5.41) is 27.2. The van der Waals surface area contributed by atoms with Gasteiger partial charge in [0.1, 0.15) is 6.10 Å². The molecular weight excluding hydrogens is 203 g/mol. The molecule has 0 aromatic rings. The van der Waals surface area contributed by atoms with Gasteiger partial charge in [-0.2, -0.15) is 0 Å². The number of methoxy groups -OCH3 is 1. The number of aliphatic hydroxyl groups excluding tert-OH is 3. The molecule has 72 valence electrons. The Labute approximate surface area is 119 Å². The summed E-state index contributed by atoms with van der Waals surface area (Å²) in [5.41, 5.74) is 0. The molecule has 6 heteroatoms. The smallest absolute Gasteiger partial charge is 0.422 e. The third-order valence-electron chi connectivity index (χ3n) is 1.81. The predicted octanol–water partition coefficient (Wildman–Crippen LogP) is -4.72. The Balaban J connectivity index is 0.00000144. The molecule has 1 aliphatic rings. The fraction of sp³-hybridized carbons (Fsp3) is 0.857. The molecule has 4 atom stereocenters. The average molecular weight is 216 g/mol. The Kier molecular flexibility index (Phi) is 7.59. The molecule has 0 radical (unpaired) electrons. The van der Waals surface area contributed by atoms with E-state index in [0.717, 1.165) is 0 Å². The van der Waals surface area contributed by atoms with Crippen molar-refractivity contribution >= 4 is 0 Å². The molecule has 0 aromatic carbocycles. The van der Waals surface area contributed by atoms with Gasteiger partial charge in [0.05, 0.1) is 12.7 Å². The van der Waals surface area contributed by atoms with Crippen molar-refractivity contribution in [2.75, 3.05) is 13.7 Å². The van der Waals surface area contributed by atoms with Gasteiger partial charge in [0.15, 0.2) is 0 Å². The van der Waals surface area contributed by atoms with E-state index >= 15 is 0 Å². The first kappa shape index (κ1) is 14.4. The summed E-state index contributed by atoms with van der Waals surface area (Å²) in [6.07, 6.45) is -2.21. The summed E-state index contributed by atoms with van der Waals surface area (Å²) in [7, 11) is 1.42. The van der Waals surface area contributed by atoms with Crippen molar-refractivity contribution in [2.45, 2.75) is 24.6 Å². The number of ether oxygens (including phenoxy) is 2. The molecule has 0 saturated carbocycles. The van der Waals surface area contributed by atoms with E-state index in [4.69, 9.17) is 14.6 Å². The first-order chi connectivity index (χ1) is 5.69. The van der Waals surface area contributed by atoms with E-state index in [2.05, 4.69) is 0 Å². The molecule has 0 aliphatic carbocycles. The van der Waals surface area contributed by atoms with Gasteiger partial charge >= 0.3 is 51.4 Å². The van der Waals surface area contributed by atoms with Crippen LogP contribution < -0.4 is 51.4 Å². The second kappa shape index (κ2) is 6.84. The maximum absolute atomic E-state index is 9.23. The molecule has 1 fully saturated rings. The van der Waals surface area contributed by atoms with E-state index in [1.54, 1.807) is 0 Å². The zero-order valence-electron chi connectivity index (χ0n) is 7.75. The summed E-state index contributed by atoms with van der Waals surface area (Å²) in [6.45, 7) is -0.341. The molecule has 5 nitrogen and oxygen atoms in total. The second-order valence-corrected chi connectivity index (χ2v) is 2.63. The average Bonchev–Trinajstić information content (AvgIpc) is 2.09. The van der Waals surface area contributed by atoms with Crippen molar-refractivity contribution in [1.82, 2.24) is 0 Å². The standard InChI is InChI=1S/C7H13O5.K/c1-11-6-2-4(9)7(10)5(3-8)12-6;/h2,4-10H,3H2,1H3;/q-1;+1. The van der Waals surface area contributed by atoms with E-state index in [1.165, 1.54) is 13.5 Å². The molecule has 1 saturated heterocycles. The summed E-state index contributed by atoms with van der Waals surface area (Å²) in [6, 6.07) is 0. The van der Waals surface area contributed by atoms with Crippen molar-refractivity contribution in [3.63, 3.8) is 0 Å². The first-order valence-corrected chi connectivity index (χ1v) is 3.69. The molecule has 0 aromatic heterocycles. The van der Waals surface area contributed by atoms with Crippen LogP contribution in [0.1, 0.15) is 0 Å². The Morgan fingerprint density at radius 1 is 1.46 bits per heavy atom. The number of aliphatic hydroxyl groups is 3. The third kappa shape index (κ3) is 3.82. The summed E-state index contributed by atoms with van der Waals surface area (Å²) < 4.78 is 9.81. The normalized spacial score (nSPS) is 39.7. The minimum Gasteiger partial charge on any atom is -0.422 e. The fourth-order valence-corrected chi connectivity index (χ4v) is 1.08. The van der Waals surface area contributed by atoms with Crippen LogP contribution >= 0.6 is 0 Å². The fourth-order valence-electron chi connectivity index (χ4n) is 1.08. The maximum Gasteiger partial charge on any atom is 1.00 e. The van der Waals surface area contributed by atoms with E-state index in [9.17, 15) is 10.2 Å². The minimum absolute atomic E-state index is 0. The predicted molar refractivity (Wildman–Crippen MR) is 39.1 cm³/mol. The van der Waals surface area contributed by atoms with E-state index in [0.29, 0.717) is 0 Å². The van der Waals surface area contributed by atoms with Gasteiger partial charge < -0.3 is 24.8 Å². The van der Waals surface area contributed by atoms with Crippen molar-refractivity contribution in [2.24, 2.45) is 0 Å². The van der Waals surface area contributed by atoms with Gasteiger partial charge in [0.25, 0.3) is 0 Å². The number of hydrogen-bond donors (Lipinski definition) is 3. The SMILES string of the molecule is COC1[CH-]C(O)C(O)C(CO)O1.[K+]. The molecule has 13 heavy (non-hydrogen) atoms. The quantitative estimate of drug-likeness (QED) is 0.319. The first-order valence-electron chi connectivity index (χ1n) is 3.69. The summed E-state index contributed by atoms with van der Waals surface area (Å²) in [4.78, 5) is 0. The monoisotopic (exact) mass is 216 g/mol. The van der Waals surface area contributed by atoms with Gasteiger partial charge in [0, 0.05) is 13.4 Å². The van der Waals surface area contributed by atoms with Crippen LogP contribution in [0.4, 0.5) is 0 Å². The minimum atomic E-state index is -1.08.